The third-order valence-electron chi connectivity index (χ3n) is 3.67. The highest BCUT2D eigenvalue weighted by Gasteiger charge is 2.46. The molecule has 0 radical (unpaired) electrons. The monoisotopic (exact) mass is 309 g/mol. The molecule has 0 aromatic heterocycles. The van der Waals surface area contributed by atoms with E-state index in [1.54, 1.807) is 13.1 Å². The predicted molar refractivity (Wildman–Crippen MR) is 83.1 cm³/mol. The van der Waals surface area contributed by atoms with Gasteiger partial charge in [-0.05, 0) is 32.1 Å². The van der Waals surface area contributed by atoms with Gasteiger partial charge in [0.25, 0.3) is 0 Å². The molecule has 114 valence electrons. The maximum atomic E-state index is 12.4. The van der Waals surface area contributed by atoms with Crippen molar-refractivity contribution in [1.29, 1.82) is 0 Å². The molecule has 5 nitrogen and oxygen atoms in total. The Morgan fingerprint density at radius 3 is 2.71 bits per heavy atom. The van der Waals surface area contributed by atoms with Gasteiger partial charge in [0.05, 0.1) is 0 Å². The van der Waals surface area contributed by atoms with E-state index >= 15 is 0 Å². The number of nitrogens with one attached hydrogen (secondary N) is 1. The first-order valence-corrected chi connectivity index (χ1v) is 7.22. The highest BCUT2D eigenvalue weighted by Crippen LogP contribution is 2.41. The molecule has 6 heteroatoms. The van der Waals surface area contributed by atoms with Gasteiger partial charge in [0.15, 0.2) is 5.78 Å². The Bertz CT molecular complexity index is 572. The van der Waals surface area contributed by atoms with Crippen molar-refractivity contribution in [1.82, 2.24) is 10.2 Å². The topological polar surface area (TPSA) is 64.9 Å². The van der Waals surface area contributed by atoms with Crippen LogP contribution < -0.4 is 5.32 Å². The fraction of sp³-hybridized carbons (Fsp3) is 0.467. The summed E-state index contributed by atoms with van der Waals surface area (Å²) in [6, 6.07) is 5.44. The van der Waals surface area contributed by atoms with Crippen LogP contribution in [0, 0.1) is 11.8 Å². The van der Waals surface area contributed by atoms with Gasteiger partial charge in [0.1, 0.15) is 5.84 Å². The lowest BCUT2D eigenvalue weighted by Crippen LogP contribution is -2.22. The van der Waals surface area contributed by atoms with Crippen LogP contribution in [0.2, 0.25) is 5.02 Å². The van der Waals surface area contributed by atoms with Crippen molar-refractivity contribution in [3.05, 3.63) is 34.3 Å². The maximum absolute atomic E-state index is 12.4. The van der Waals surface area contributed by atoms with Gasteiger partial charge < -0.3 is 15.4 Å². The standard InChI is InChI=1S/C15H20ClN3O2/c1-17-15(18-21)12-7-11(12)14(20)9-4-5-10(8-19(2)3)13(16)6-9/h4-6,11-12,21H,7-8H2,1-3H3,(H,17,18)/t11-,12-/m0/s1. The summed E-state index contributed by atoms with van der Waals surface area (Å²) in [5.41, 5.74) is 1.61. The van der Waals surface area contributed by atoms with E-state index < -0.39 is 0 Å². The molecule has 2 rings (SSSR count). The SMILES string of the molecule is CN/C(=N\O)[C@H]1C[C@@H]1C(=O)c1ccc(CN(C)C)c(Cl)c1. The number of amidine groups is 1. The number of Topliss-reactive ketones (excluding diaryl/α,β-unsaturated/α-hetero) is 1. The summed E-state index contributed by atoms with van der Waals surface area (Å²) in [5.74, 6) is 0.366. The molecule has 0 bridgehead atoms. The minimum atomic E-state index is -0.126. The molecule has 2 N–H and O–H groups in total. The van der Waals surface area contributed by atoms with Gasteiger partial charge in [0, 0.05) is 36.0 Å². The molecule has 1 fully saturated rings. The Morgan fingerprint density at radius 2 is 2.19 bits per heavy atom. The maximum Gasteiger partial charge on any atom is 0.166 e. The summed E-state index contributed by atoms with van der Waals surface area (Å²) >= 11 is 6.24. The number of carbonyl (C=O) groups excluding carboxylic acids is 1. The molecular weight excluding hydrogens is 290 g/mol. The van der Waals surface area contributed by atoms with Crippen molar-refractivity contribution in [2.75, 3.05) is 21.1 Å². The van der Waals surface area contributed by atoms with Crippen LogP contribution in [-0.2, 0) is 6.54 Å². The van der Waals surface area contributed by atoms with E-state index in [4.69, 9.17) is 16.8 Å². The number of hydrogen-bond acceptors (Lipinski definition) is 4. The fourth-order valence-corrected chi connectivity index (χ4v) is 2.72. The van der Waals surface area contributed by atoms with E-state index in [0.29, 0.717) is 22.8 Å². The van der Waals surface area contributed by atoms with Gasteiger partial charge in [-0.2, -0.15) is 0 Å². The first kappa shape index (κ1) is 15.8. The summed E-state index contributed by atoms with van der Waals surface area (Å²) < 4.78 is 0. The summed E-state index contributed by atoms with van der Waals surface area (Å²) in [4.78, 5) is 14.4. The van der Waals surface area contributed by atoms with E-state index in [-0.39, 0.29) is 17.6 Å². The number of benzene rings is 1. The largest absolute Gasteiger partial charge is 0.409 e. The fourth-order valence-electron chi connectivity index (χ4n) is 2.48. The van der Waals surface area contributed by atoms with Crippen LogP contribution in [0.15, 0.2) is 23.4 Å². The smallest absolute Gasteiger partial charge is 0.166 e. The highest BCUT2D eigenvalue weighted by molar-refractivity contribution is 6.31. The molecule has 0 heterocycles. The van der Waals surface area contributed by atoms with Crippen molar-refractivity contribution in [2.45, 2.75) is 13.0 Å². The molecule has 0 amide bonds. The van der Waals surface area contributed by atoms with Gasteiger partial charge in [-0.3, -0.25) is 4.79 Å². The first-order valence-electron chi connectivity index (χ1n) is 6.85. The lowest BCUT2D eigenvalue weighted by Gasteiger charge is -2.12. The lowest BCUT2D eigenvalue weighted by molar-refractivity contribution is 0.0964. The second-order valence-corrected chi connectivity index (χ2v) is 6.00. The van der Waals surface area contributed by atoms with Gasteiger partial charge in [-0.1, -0.05) is 28.9 Å². The van der Waals surface area contributed by atoms with Crippen molar-refractivity contribution in [3.8, 4) is 0 Å². The van der Waals surface area contributed by atoms with Crippen LogP contribution in [0.25, 0.3) is 0 Å². The van der Waals surface area contributed by atoms with Crippen LogP contribution >= 0.6 is 11.6 Å². The van der Waals surface area contributed by atoms with Crippen molar-refractivity contribution < 1.29 is 10.0 Å². The van der Waals surface area contributed by atoms with Crippen LogP contribution in [0.5, 0.6) is 0 Å². The summed E-state index contributed by atoms with van der Waals surface area (Å²) in [6.45, 7) is 0.737. The zero-order chi connectivity index (χ0) is 15.6. The third kappa shape index (κ3) is 3.54. The van der Waals surface area contributed by atoms with Crippen LogP contribution in [0.1, 0.15) is 22.3 Å². The zero-order valence-corrected chi connectivity index (χ0v) is 13.2. The minimum absolute atomic E-state index is 0.0206. The number of nitrogens with zero attached hydrogens (tertiary/aromatic N) is 2. The van der Waals surface area contributed by atoms with Gasteiger partial charge in [-0.25, -0.2) is 0 Å². The predicted octanol–water partition coefficient (Wildman–Crippen LogP) is 2.23. The molecule has 21 heavy (non-hydrogen) atoms. The third-order valence-corrected chi connectivity index (χ3v) is 4.02. The molecule has 1 saturated carbocycles. The molecule has 0 aliphatic heterocycles. The average Bonchev–Trinajstić information content (AvgIpc) is 3.21. The molecule has 0 saturated heterocycles. The van der Waals surface area contributed by atoms with Gasteiger partial charge in [-0.15, -0.1) is 0 Å². The quantitative estimate of drug-likeness (QED) is 0.288. The molecule has 1 aliphatic rings. The Kier molecular flexibility index (Phi) is 4.85. The number of oxime groups is 1. The molecular formula is C15H20ClN3O2. The Hall–Kier alpha value is -1.59. The van der Waals surface area contributed by atoms with Crippen molar-refractivity contribution >= 4 is 23.2 Å². The van der Waals surface area contributed by atoms with Crippen LogP contribution in [0.4, 0.5) is 0 Å². The Balaban J connectivity index is 2.10. The van der Waals surface area contributed by atoms with Crippen molar-refractivity contribution in [2.24, 2.45) is 17.0 Å². The first-order chi connectivity index (χ1) is 9.97. The Labute approximate surface area is 129 Å². The minimum Gasteiger partial charge on any atom is -0.409 e. The zero-order valence-electron chi connectivity index (χ0n) is 12.4. The molecule has 0 unspecified atom stereocenters. The van der Waals surface area contributed by atoms with E-state index in [9.17, 15) is 4.79 Å². The summed E-state index contributed by atoms with van der Waals surface area (Å²) in [5, 5.41) is 15.5. The lowest BCUT2D eigenvalue weighted by atomic mass is 10.0. The van der Waals surface area contributed by atoms with Crippen molar-refractivity contribution in [3.63, 3.8) is 0 Å². The van der Waals surface area contributed by atoms with E-state index in [2.05, 4.69) is 10.5 Å². The molecule has 0 spiro atoms. The normalized spacial score (nSPS) is 21.5. The van der Waals surface area contributed by atoms with E-state index in [1.165, 1.54) is 0 Å². The second kappa shape index (κ2) is 6.45. The second-order valence-electron chi connectivity index (χ2n) is 5.59. The number of ketones is 1. The number of hydrogen-bond donors (Lipinski definition) is 2. The molecule has 1 aliphatic carbocycles. The van der Waals surface area contributed by atoms with Gasteiger partial charge >= 0.3 is 0 Å². The molecule has 2 atom stereocenters. The van der Waals surface area contributed by atoms with E-state index in [1.807, 2.05) is 31.1 Å². The number of carbonyl (C=O) groups is 1. The van der Waals surface area contributed by atoms with E-state index in [0.717, 1.165) is 12.1 Å². The number of halogens is 1. The molecule has 1 aromatic rings. The Morgan fingerprint density at radius 1 is 1.48 bits per heavy atom. The molecule has 1 aromatic carbocycles. The van der Waals surface area contributed by atoms with Crippen LogP contribution in [0.3, 0.4) is 0 Å². The van der Waals surface area contributed by atoms with Crippen LogP contribution in [-0.4, -0.2) is 42.9 Å². The number of rotatable bonds is 5. The summed E-state index contributed by atoms with van der Waals surface area (Å²) in [7, 11) is 5.62. The highest BCUT2D eigenvalue weighted by atomic mass is 35.5. The van der Waals surface area contributed by atoms with Gasteiger partial charge in [0.2, 0.25) is 0 Å². The average molecular weight is 310 g/mol. The summed E-state index contributed by atoms with van der Waals surface area (Å²) in [6.07, 6.45) is 0.704.